The summed E-state index contributed by atoms with van der Waals surface area (Å²) in [6.07, 6.45) is 0.830. The lowest BCUT2D eigenvalue weighted by atomic mass is 10.1. The minimum absolute atomic E-state index is 0.0180. The van der Waals surface area contributed by atoms with Crippen LogP contribution in [-0.4, -0.2) is 31.4 Å². The van der Waals surface area contributed by atoms with E-state index in [0.29, 0.717) is 29.8 Å². The van der Waals surface area contributed by atoms with E-state index in [9.17, 15) is 14.4 Å². The average Bonchev–Trinajstić information content (AvgIpc) is 3.02. The quantitative estimate of drug-likeness (QED) is 0.648. The van der Waals surface area contributed by atoms with E-state index in [0.717, 1.165) is 16.5 Å². The number of benzene rings is 3. The summed E-state index contributed by atoms with van der Waals surface area (Å²) in [5.74, 6) is -0.581. The summed E-state index contributed by atoms with van der Waals surface area (Å²) in [7, 11) is 1.32. The standard InChI is InChI=1S/C23H20N2O4/c1-29-23(28)16-10-12-17(13-11-16)24-20(26)9-4-14-25-19-8-3-6-15-5-2-7-18(21(15)19)22(25)27/h2-3,5-8,10-13H,4,9,14H2,1H3,(H,24,26). The average molecular weight is 388 g/mol. The van der Waals surface area contributed by atoms with Gasteiger partial charge in [0, 0.05) is 29.6 Å². The second kappa shape index (κ2) is 7.75. The lowest BCUT2D eigenvalue weighted by Gasteiger charge is -2.17. The molecule has 1 heterocycles. The highest BCUT2D eigenvalue weighted by molar-refractivity contribution is 6.25. The number of nitrogens with one attached hydrogen (secondary N) is 1. The number of ether oxygens (including phenoxy) is 1. The van der Waals surface area contributed by atoms with Crippen LogP contribution in [0, 0.1) is 0 Å². The maximum atomic E-state index is 12.7. The molecule has 0 saturated heterocycles. The number of nitrogens with zero attached hydrogens (tertiary/aromatic N) is 1. The molecule has 3 aromatic carbocycles. The summed E-state index contributed by atoms with van der Waals surface area (Å²) in [6, 6.07) is 18.1. The summed E-state index contributed by atoms with van der Waals surface area (Å²) < 4.78 is 4.65. The van der Waals surface area contributed by atoms with Crippen LogP contribution in [0.4, 0.5) is 11.4 Å². The van der Waals surface area contributed by atoms with Gasteiger partial charge < -0.3 is 15.0 Å². The number of rotatable bonds is 6. The van der Waals surface area contributed by atoms with Crippen LogP contribution in [0.25, 0.3) is 10.8 Å². The van der Waals surface area contributed by atoms with Crippen molar-refractivity contribution in [1.29, 1.82) is 0 Å². The van der Waals surface area contributed by atoms with Gasteiger partial charge in [-0.3, -0.25) is 9.59 Å². The number of methoxy groups -OCH3 is 1. The largest absolute Gasteiger partial charge is 0.465 e. The Hall–Kier alpha value is -3.67. The second-order valence-electron chi connectivity index (χ2n) is 6.86. The van der Waals surface area contributed by atoms with E-state index in [1.807, 2.05) is 36.4 Å². The minimum atomic E-state index is -0.422. The molecule has 0 unspecified atom stereocenters. The lowest BCUT2D eigenvalue weighted by molar-refractivity contribution is -0.116. The fourth-order valence-corrected chi connectivity index (χ4v) is 3.63. The van der Waals surface area contributed by atoms with Crippen LogP contribution in [0.5, 0.6) is 0 Å². The van der Waals surface area contributed by atoms with E-state index in [4.69, 9.17) is 0 Å². The van der Waals surface area contributed by atoms with Gasteiger partial charge in [0.1, 0.15) is 0 Å². The molecule has 0 atom stereocenters. The maximum absolute atomic E-state index is 12.7. The van der Waals surface area contributed by atoms with Gasteiger partial charge in [-0.15, -0.1) is 0 Å². The van der Waals surface area contributed by atoms with Gasteiger partial charge in [-0.1, -0.05) is 24.3 Å². The van der Waals surface area contributed by atoms with E-state index >= 15 is 0 Å². The SMILES string of the molecule is COC(=O)c1ccc(NC(=O)CCCN2C(=O)c3cccc4cccc2c34)cc1. The zero-order chi connectivity index (χ0) is 20.4. The molecule has 1 aliphatic heterocycles. The maximum Gasteiger partial charge on any atom is 0.337 e. The van der Waals surface area contributed by atoms with Gasteiger partial charge in [0.05, 0.1) is 18.4 Å². The van der Waals surface area contributed by atoms with Gasteiger partial charge in [-0.2, -0.15) is 0 Å². The fourth-order valence-electron chi connectivity index (χ4n) is 3.63. The summed E-state index contributed by atoms with van der Waals surface area (Å²) >= 11 is 0. The van der Waals surface area contributed by atoms with Crippen LogP contribution in [0.1, 0.15) is 33.6 Å². The number of esters is 1. The molecule has 0 saturated carbocycles. The molecule has 1 N–H and O–H groups in total. The summed E-state index contributed by atoms with van der Waals surface area (Å²) in [6.45, 7) is 0.474. The Bertz CT molecular complexity index is 1100. The molecule has 4 rings (SSSR count). The first-order valence-electron chi connectivity index (χ1n) is 9.40. The Balaban J connectivity index is 1.35. The zero-order valence-corrected chi connectivity index (χ0v) is 16.0. The van der Waals surface area contributed by atoms with Gasteiger partial charge >= 0.3 is 5.97 Å². The molecule has 2 amide bonds. The van der Waals surface area contributed by atoms with Gasteiger partial charge in [0.15, 0.2) is 0 Å². The Kier molecular flexibility index (Phi) is 4.99. The molecular weight excluding hydrogens is 368 g/mol. The van der Waals surface area contributed by atoms with E-state index in [-0.39, 0.29) is 18.2 Å². The first kappa shape index (κ1) is 18.7. The van der Waals surface area contributed by atoms with Crippen LogP contribution in [0.15, 0.2) is 60.7 Å². The third kappa shape index (κ3) is 3.57. The van der Waals surface area contributed by atoms with Gasteiger partial charge in [0.2, 0.25) is 5.91 Å². The minimum Gasteiger partial charge on any atom is -0.465 e. The molecule has 6 nitrogen and oxygen atoms in total. The highest BCUT2D eigenvalue weighted by Crippen LogP contribution is 2.37. The van der Waals surface area contributed by atoms with E-state index in [1.54, 1.807) is 29.2 Å². The molecule has 6 heteroatoms. The Morgan fingerprint density at radius 3 is 2.45 bits per heavy atom. The number of hydrogen-bond acceptors (Lipinski definition) is 4. The van der Waals surface area contributed by atoms with Crippen molar-refractivity contribution < 1.29 is 19.1 Å². The van der Waals surface area contributed by atoms with Crippen molar-refractivity contribution in [3.63, 3.8) is 0 Å². The van der Waals surface area contributed by atoms with E-state index < -0.39 is 5.97 Å². The van der Waals surface area contributed by atoms with E-state index in [1.165, 1.54) is 7.11 Å². The third-order valence-electron chi connectivity index (χ3n) is 5.02. The predicted octanol–water partition coefficient (Wildman–Crippen LogP) is 4.01. The Morgan fingerprint density at radius 1 is 1.00 bits per heavy atom. The Labute approximate surface area is 168 Å². The molecule has 29 heavy (non-hydrogen) atoms. The van der Waals surface area contributed by atoms with Crippen LogP contribution < -0.4 is 10.2 Å². The number of anilines is 2. The number of amides is 2. The number of carbonyl (C=O) groups is 3. The molecule has 3 aromatic rings. The van der Waals surface area contributed by atoms with Gasteiger partial charge in [-0.25, -0.2) is 4.79 Å². The molecule has 0 spiro atoms. The fraction of sp³-hybridized carbons (Fsp3) is 0.174. The molecule has 146 valence electrons. The number of carbonyl (C=O) groups excluding carboxylic acids is 3. The molecule has 0 radical (unpaired) electrons. The normalized spacial score (nSPS) is 12.3. The van der Waals surface area contributed by atoms with Crippen molar-refractivity contribution in [2.45, 2.75) is 12.8 Å². The highest BCUT2D eigenvalue weighted by atomic mass is 16.5. The summed E-state index contributed by atoms with van der Waals surface area (Å²) in [5.41, 5.74) is 2.65. The zero-order valence-electron chi connectivity index (χ0n) is 16.0. The second-order valence-corrected chi connectivity index (χ2v) is 6.86. The highest BCUT2D eigenvalue weighted by Gasteiger charge is 2.28. The van der Waals surface area contributed by atoms with E-state index in [2.05, 4.69) is 10.1 Å². The molecule has 1 aliphatic rings. The van der Waals surface area contributed by atoms with Crippen molar-refractivity contribution in [2.75, 3.05) is 23.9 Å². The first-order chi connectivity index (χ1) is 14.1. The van der Waals surface area contributed by atoms with Gasteiger partial charge in [0.25, 0.3) is 5.91 Å². The molecule has 0 fully saturated rings. The molecular formula is C23H20N2O4. The topological polar surface area (TPSA) is 75.7 Å². The summed E-state index contributed by atoms with van der Waals surface area (Å²) in [4.78, 5) is 38.2. The lowest BCUT2D eigenvalue weighted by Crippen LogP contribution is -2.28. The van der Waals surface area contributed by atoms with Crippen molar-refractivity contribution >= 4 is 39.9 Å². The Morgan fingerprint density at radius 2 is 1.72 bits per heavy atom. The monoisotopic (exact) mass is 388 g/mol. The van der Waals surface area contributed by atoms with Crippen LogP contribution in [0.2, 0.25) is 0 Å². The predicted molar refractivity (Wildman–Crippen MR) is 111 cm³/mol. The van der Waals surface area contributed by atoms with Crippen LogP contribution in [-0.2, 0) is 9.53 Å². The first-order valence-corrected chi connectivity index (χ1v) is 9.40. The number of hydrogen-bond donors (Lipinski definition) is 1. The van der Waals surface area contributed by atoms with Gasteiger partial charge in [-0.05, 0) is 48.2 Å². The summed E-state index contributed by atoms with van der Waals surface area (Å²) in [5, 5.41) is 4.83. The molecule has 0 bridgehead atoms. The van der Waals surface area contributed by atoms with Crippen molar-refractivity contribution in [3.8, 4) is 0 Å². The third-order valence-corrected chi connectivity index (χ3v) is 5.02. The van der Waals surface area contributed by atoms with Crippen LogP contribution >= 0.6 is 0 Å². The smallest absolute Gasteiger partial charge is 0.337 e. The molecule has 0 aliphatic carbocycles. The molecule has 0 aromatic heterocycles. The van der Waals surface area contributed by atoms with Crippen molar-refractivity contribution in [2.24, 2.45) is 0 Å². The van der Waals surface area contributed by atoms with Crippen molar-refractivity contribution in [3.05, 3.63) is 71.8 Å². The van der Waals surface area contributed by atoms with Crippen LogP contribution in [0.3, 0.4) is 0 Å². The van der Waals surface area contributed by atoms with Crippen molar-refractivity contribution in [1.82, 2.24) is 0 Å².